The van der Waals surface area contributed by atoms with E-state index in [4.69, 9.17) is 5.14 Å². The van der Waals surface area contributed by atoms with Crippen LogP contribution in [0.15, 0.2) is 29.2 Å². The summed E-state index contributed by atoms with van der Waals surface area (Å²) in [6.45, 7) is 5.69. The average Bonchev–Trinajstić information content (AvgIpc) is 2.58. The Hall–Kier alpha value is -1.40. The fourth-order valence-electron chi connectivity index (χ4n) is 2.69. The van der Waals surface area contributed by atoms with Crippen LogP contribution < -0.4 is 5.14 Å². The minimum absolute atomic E-state index is 0.0986. The van der Waals surface area contributed by atoms with Gasteiger partial charge < -0.3 is 4.90 Å². The van der Waals surface area contributed by atoms with Crippen molar-refractivity contribution in [1.29, 1.82) is 0 Å². The fourth-order valence-corrected chi connectivity index (χ4v) is 3.42. The molecule has 1 aliphatic heterocycles. The van der Waals surface area contributed by atoms with Crippen LogP contribution in [0.1, 0.15) is 43.5 Å². The van der Waals surface area contributed by atoms with Crippen molar-refractivity contribution in [3.8, 4) is 0 Å². The number of carbonyl (C=O) groups excluding carboxylic acids is 1. The van der Waals surface area contributed by atoms with E-state index in [0.29, 0.717) is 13.1 Å². The monoisotopic (exact) mass is 310 g/mol. The zero-order chi connectivity index (χ0) is 15.7. The number of hydrogen-bond acceptors (Lipinski definition) is 3. The number of primary sulfonamides is 1. The first-order valence-electron chi connectivity index (χ1n) is 7.12. The van der Waals surface area contributed by atoms with E-state index in [-0.39, 0.29) is 21.8 Å². The average molecular weight is 310 g/mol. The Bertz CT molecular complexity index is 638. The van der Waals surface area contributed by atoms with E-state index < -0.39 is 10.0 Å². The van der Waals surface area contributed by atoms with Gasteiger partial charge in [0.25, 0.3) is 5.91 Å². The Kier molecular flexibility index (Phi) is 4.39. The molecule has 0 radical (unpaired) electrons. The molecule has 1 heterocycles. The molecule has 0 aromatic heterocycles. The van der Waals surface area contributed by atoms with Gasteiger partial charge in [-0.15, -0.1) is 0 Å². The van der Waals surface area contributed by atoms with Crippen LogP contribution in [0.3, 0.4) is 0 Å². The lowest BCUT2D eigenvalue weighted by Gasteiger charge is -2.24. The fraction of sp³-hybridized carbons (Fsp3) is 0.533. The van der Waals surface area contributed by atoms with Crippen LogP contribution in [0, 0.1) is 5.41 Å². The van der Waals surface area contributed by atoms with E-state index in [0.717, 1.165) is 19.3 Å². The lowest BCUT2D eigenvalue weighted by molar-refractivity contribution is 0.0753. The standard InChI is InChI=1S/C15H22N2O3S/c1-15(2)8-5-10-17(11-9-15)14(18)12-6-3-4-7-13(12)21(16,19)20/h3-4,6-7H,5,8-11H2,1-2H3,(H2,16,19,20). The number of nitrogens with zero attached hydrogens (tertiary/aromatic N) is 1. The summed E-state index contributed by atoms with van der Waals surface area (Å²) in [5, 5.41) is 5.20. The first kappa shape index (κ1) is 16.0. The van der Waals surface area contributed by atoms with Gasteiger partial charge in [0.15, 0.2) is 0 Å². The van der Waals surface area contributed by atoms with Crippen LogP contribution in [0.4, 0.5) is 0 Å². The molecule has 116 valence electrons. The third kappa shape index (κ3) is 3.83. The maximum Gasteiger partial charge on any atom is 0.255 e. The van der Waals surface area contributed by atoms with Crippen molar-refractivity contribution < 1.29 is 13.2 Å². The molecule has 1 aromatic rings. The zero-order valence-electron chi connectivity index (χ0n) is 12.5. The molecule has 21 heavy (non-hydrogen) atoms. The van der Waals surface area contributed by atoms with E-state index >= 15 is 0 Å². The number of benzene rings is 1. The van der Waals surface area contributed by atoms with Crippen LogP contribution >= 0.6 is 0 Å². The molecule has 1 aliphatic rings. The van der Waals surface area contributed by atoms with Crippen molar-refractivity contribution in [2.75, 3.05) is 13.1 Å². The molecular weight excluding hydrogens is 288 g/mol. The Morgan fingerprint density at radius 1 is 1.19 bits per heavy atom. The van der Waals surface area contributed by atoms with E-state index in [1.54, 1.807) is 17.0 Å². The number of amides is 1. The molecule has 2 rings (SSSR count). The lowest BCUT2D eigenvalue weighted by atomic mass is 9.85. The summed E-state index contributed by atoms with van der Waals surface area (Å²) in [5.74, 6) is -0.252. The van der Waals surface area contributed by atoms with Crippen LogP contribution in [-0.4, -0.2) is 32.3 Å². The van der Waals surface area contributed by atoms with Crippen molar-refractivity contribution in [2.24, 2.45) is 10.6 Å². The third-order valence-corrected chi connectivity index (χ3v) is 5.02. The lowest BCUT2D eigenvalue weighted by Crippen LogP contribution is -2.33. The van der Waals surface area contributed by atoms with Gasteiger partial charge in [0, 0.05) is 13.1 Å². The Balaban J connectivity index is 2.29. The molecule has 6 heteroatoms. The smallest absolute Gasteiger partial charge is 0.255 e. The van der Waals surface area contributed by atoms with Crippen molar-refractivity contribution in [1.82, 2.24) is 4.90 Å². The molecule has 0 atom stereocenters. The number of sulfonamides is 1. The topological polar surface area (TPSA) is 80.5 Å². The number of hydrogen-bond donors (Lipinski definition) is 1. The van der Waals surface area contributed by atoms with Crippen molar-refractivity contribution in [3.63, 3.8) is 0 Å². The first-order chi connectivity index (χ1) is 9.71. The van der Waals surface area contributed by atoms with Gasteiger partial charge in [-0.3, -0.25) is 4.79 Å². The van der Waals surface area contributed by atoms with Gasteiger partial charge in [0.05, 0.1) is 10.5 Å². The molecule has 5 nitrogen and oxygen atoms in total. The third-order valence-electron chi connectivity index (χ3n) is 4.05. The second-order valence-corrected chi connectivity index (χ2v) is 7.88. The molecule has 1 amide bonds. The minimum atomic E-state index is -3.90. The van der Waals surface area contributed by atoms with E-state index in [2.05, 4.69) is 13.8 Å². The molecule has 0 spiro atoms. The summed E-state index contributed by atoms with van der Waals surface area (Å²) >= 11 is 0. The predicted molar refractivity (Wildman–Crippen MR) is 81.4 cm³/mol. The highest BCUT2D eigenvalue weighted by Gasteiger charge is 2.28. The number of likely N-dealkylation sites (tertiary alicyclic amines) is 1. The van der Waals surface area contributed by atoms with Gasteiger partial charge in [-0.05, 0) is 36.8 Å². The summed E-state index contributed by atoms with van der Waals surface area (Å²) in [6, 6.07) is 6.13. The molecule has 2 N–H and O–H groups in total. The Morgan fingerprint density at radius 3 is 2.52 bits per heavy atom. The van der Waals surface area contributed by atoms with Crippen molar-refractivity contribution in [3.05, 3.63) is 29.8 Å². The minimum Gasteiger partial charge on any atom is -0.339 e. The number of nitrogens with two attached hydrogens (primary N) is 1. The first-order valence-corrected chi connectivity index (χ1v) is 8.66. The quantitative estimate of drug-likeness (QED) is 0.907. The van der Waals surface area contributed by atoms with E-state index in [1.807, 2.05) is 0 Å². The Labute approximate surface area is 126 Å². The van der Waals surface area contributed by atoms with Crippen molar-refractivity contribution >= 4 is 15.9 Å². The summed E-state index contributed by atoms with van der Waals surface area (Å²) in [7, 11) is -3.90. The Morgan fingerprint density at radius 2 is 1.86 bits per heavy atom. The molecule has 0 unspecified atom stereocenters. The van der Waals surface area contributed by atoms with Gasteiger partial charge in [-0.2, -0.15) is 0 Å². The van der Waals surface area contributed by atoms with Crippen LogP contribution in [-0.2, 0) is 10.0 Å². The van der Waals surface area contributed by atoms with Crippen LogP contribution in [0.5, 0.6) is 0 Å². The predicted octanol–water partition coefficient (Wildman–Crippen LogP) is 1.99. The van der Waals surface area contributed by atoms with Gasteiger partial charge in [0.2, 0.25) is 10.0 Å². The SMILES string of the molecule is CC1(C)CCCN(C(=O)c2ccccc2S(N)(=O)=O)CC1. The van der Waals surface area contributed by atoms with E-state index in [1.165, 1.54) is 12.1 Å². The molecule has 1 saturated heterocycles. The zero-order valence-corrected chi connectivity index (χ0v) is 13.3. The van der Waals surface area contributed by atoms with E-state index in [9.17, 15) is 13.2 Å². The molecule has 1 fully saturated rings. The van der Waals surface area contributed by atoms with Crippen LogP contribution in [0.2, 0.25) is 0 Å². The van der Waals surface area contributed by atoms with Gasteiger partial charge in [-0.25, -0.2) is 13.6 Å². The molecule has 0 bridgehead atoms. The highest BCUT2D eigenvalue weighted by Crippen LogP contribution is 2.30. The number of rotatable bonds is 2. The summed E-state index contributed by atoms with van der Waals surface area (Å²) in [5.41, 5.74) is 0.383. The second kappa shape index (κ2) is 5.77. The van der Waals surface area contributed by atoms with Gasteiger partial charge in [-0.1, -0.05) is 26.0 Å². The maximum atomic E-state index is 12.6. The largest absolute Gasteiger partial charge is 0.339 e. The van der Waals surface area contributed by atoms with Gasteiger partial charge >= 0.3 is 0 Å². The molecular formula is C15H22N2O3S. The van der Waals surface area contributed by atoms with Gasteiger partial charge in [0.1, 0.15) is 0 Å². The maximum absolute atomic E-state index is 12.6. The normalized spacial score (nSPS) is 19.1. The van der Waals surface area contributed by atoms with Crippen molar-refractivity contribution in [2.45, 2.75) is 38.0 Å². The summed E-state index contributed by atoms with van der Waals surface area (Å²) in [6.07, 6.45) is 2.90. The highest BCUT2D eigenvalue weighted by atomic mass is 32.2. The summed E-state index contributed by atoms with van der Waals surface area (Å²) in [4.78, 5) is 14.3. The van der Waals surface area contributed by atoms with Crippen LogP contribution in [0.25, 0.3) is 0 Å². The second-order valence-electron chi connectivity index (χ2n) is 6.35. The molecule has 1 aromatic carbocycles. The molecule has 0 saturated carbocycles. The number of carbonyl (C=O) groups is 1. The molecule has 0 aliphatic carbocycles. The highest BCUT2D eigenvalue weighted by molar-refractivity contribution is 7.89. The summed E-state index contributed by atoms with van der Waals surface area (Å²) < 4.78 is 23.2.